The number of nitrogens with zero attached hydrogens (tertiary/aromatic N) is 1. The van der Waals surface area contributed by atoms with E-state index in [0.29, 0.717) is 17.9 Å². The molecule has 31 heavy (non-hydrogen) atoms. The summed E-state index contributed by atoms with van der Waals surface area (Å²) in [5, 5.41) is 11.6. The van der Waals surface area contributed by atoms with E-state index >= 15 is 0 Å². The van der Waals surface area contributed by atoms with Gasteiger partial charge in [-0.15, -0.1) is 0 Å². The smallest absolute Gasteiger partial charge is 0.277 e. The Kier molecular flexibility index (Phi) is 6.46. The molecule has 1 unspecified atom stereocenters. The third-order valence-corrected chi connectivity index (χ3v) is 6.14. The maximum Gasteiger partial charge on any atom is 0.277 e. The number of rotatable bonds is 7. The first-order valence-electron chi connectivity index (χ1n) is 10.4. The first-order chi connectivity index (χ1) is 14.9. The molecule has 0 aliphatic heterocycles. The average Bonchev–Trinajstić information content (AvgIpc) is 3.15. The van der Waals surface area contributed by atoms with Gasteiger partial charge in [-0.1, -0.05) is 44.2 Å². The summed E-state index contributed by atoms with van der Waals surface area (Å²) in [5.41, 5.74) is 4.04. The van der Waals surface area contributed by atoms with Crippen LogP contribution >= 0.6 is 22.6 Å². The predicted octanol–water partition coefficient (Wildman–Crippen LogP) is 6.97. The second kappa shape index (κ2) is 9.26. The summed E-state index contributed by atoms with van der Waals surface area (Å²) < 4.78 is 13.2. The van der Waals surface area contributed by atoms with Gasteiger partial charge in [0.05, 0.1) is 10.5 Å². The third-order valence-electron chi connectivity index (χ3n) is 5.52. The Labute approximate surface area is 195 Å². The van der Waals surface area contributed by atoms with Crippen LogP contribution in [-0.4, -0.2) is 4.92 Å². The number of ether oxygens (including phenoxy) is 2. The Hall–Kier alpha value is -2.61. The van der Waals surface area contributed by atoms with E-state index in [-0.39, 0.29) is 22.6 Å². The van der Waals surface area contributed by atoms with E-state index in [1.54, 1.807) is 6.07 Å². The molecular formula is C25H24INO4. The number of nitro groups is 1. The molecule has 0 spiro atoms. The molecule has 160 valence electrons. The summed E-state index contributed by atoms with van der Waals surface area (Å²) in [6, 6.07) is 19.5. The van der Waals surface area contributed by atoms with Crippen molar-refractivity contribution in [2.45, 2.75) is 45.3 Å². The lowest BCUT2D eigenvalue weighted by molar-refractivity contribution is -0.386. The molecule has 3 aromatic carbocycles. The topological polar surface area (TPSA) is 61.6 Å². The number of fused-ring (bicyclic) bond motifs is 1. The monoisotopic (exact) mass is 529 g/mol. The summed E-state index contributed by atoms with van der Waals surface area (Å²) in [5.74, 6) is 1.79. The lowest BCUT2D eigenvalue weighted by Gasteiger charge is -2.19. The van der Waals surface area contributed by atoms with Gasteiger partial charge in [0, 0.05) is 15.2 Å². The van der Waals surface area contributed by atoms with Crippen LogP contribution in [0, 0.1) is 13.7 Å². The zero-order chi connectivity index (χ0) is 22.0. The second-order valence-corrected chi connectivity index (χ2v) is 9.27. The van der Waals surface area contributed by atoms with Crippen molar-refractivity contribution >= 4 is 28.3 Å². The molecular weight excluding hydrogens is 505 g/mol. The van der Waals surface area contributed by atoms with E-state index in [4.69, 9.17) is 9.47 Å². The Morgan fingerprint density at radius 2 is 1.90 bits per heavy atom. The maximum absolute atomic E-state index is 11.6. The number of halogens is 1. The molecule has 1 aliphatic carbocycles. The van der Waals surface area contributed by atoms with Crippen molar-refractivity contribution in [3.8, 4) is 11.5 Å². The third kappa shape index (κ3) is 4.84. The summed E-state index contributed by atoms with van der Waals surface area (Å²) in [7, 11) is 0. The maximum atomic E-state index is 11.6. The minimum Gasteiger partial charge on any atom is -0.489 e. The van der Waals surface area contributed by atoms with Crippen LogP contribution in [0.5, 0.6) is 11.5 Å². The van der Waals surface area contributed by atoms with Crippen molar-refractivity contribution in [2.75, 3.05) is 0 Å². The van der Waals surface area contributed by atoms with Crippen LogP contribution in [0.4, 0.5) is 5.69 Å². The first kappa shape index (κ1) is 21.6. The van der Waals surface area contributed by atoms with Crippen molar-refractivity contribution in [1.29, 1.82) is 0 Å². The minimum absolute atomic E-state index is 0.149. The van der Waals surface area contributed by atoms with Gasteiger partial charge in [-0.2, -0.15) is 0 Å². The van der Waals surface area contributed by atoms with Crippen molar-refractivity contribution in [3.63, 3.8) is 0 Å². The average molecular weight is 529 g/mol. The molecule has 5 nitrogen and oxygen atoms in total. The molecule has 6 heteroatoms. The van der Waals surface area contributed by atoms with Crippen LogP contribution in [-0.2, 0) is 13.0 Å². The molecule has 0 radical (unpaired) electrons. The fourth-order valence-corrected chi connectivity index (χ4v) is 4.69. The SMILES string of the molecule is CC(C)c1cc(OC2CCc3cc(I)cc([N+](=O)[O-])c32)ccc1OCc1ccccc1. The Morgan fingerprint density at radius 3 is 2.61 bits per heavy atom. The number of nitro benzene ring substituents is 1. The molecule has 4 rings (SSSR count). The largest absolute Gasteiger partial charge is 0.489 e. The van der Waals surface area contributed by atoms with E-state index in [1.807, 2.05) is 54.6 Å². The highest BCUT2D eigenvalue weighted by Gasteiger charge is 2.33. The van der Waals surface area contributed by atoms with Crippen LogP contribution in [0.15, 0.2) is 60.7 Å². The normalized spacial score (nSPS) is 15.0. The quantitative estimate of drug-likeness (QED) is 0.189. The lowest BCUT2D eigenvalue weighted by atomic mass is 10.0. The lowest BCUT2D eigenvalue weighted by Crippen LogP contribution is -2.08. The van der Waals surface area contributed by atoms with Gasteiger partial charge in [-0.25, -0.2) is 0 Å². The molecule has 0 saturated heterocycles. The Bertz CT molecular complexity index is 1100. The highest BCUT2D eigenvalue weighted by molar-refractivity contribution is 14.1. The van der Waals surface area contributed by atoms with Gasteiger partial charge >= 0.3 is 0 Å². The fourth-order valence-electron chi connectivity index (χ4n) is 4.02. The number of hydrogen-bond donors (Lipinski definition) is 0. The predicted molar refractivity (Wildman–Crippen MR) is 129 cm³/mol. The van der Waals surface area contributed by atoms with Crippen molar-refractivity contribution < 1.29 is 14.4 Å². The van der Waals surface area contributed by atoms with Gasteiger partial charge in [-0.3, -0.25) is 10.1 Å². The molecule has 0 heterocycles. The first-order valence-corrected chi connectivity index (χ1v) is 11.4. The highest BCUT2D eigenvalue weighted by Crippen LogP contribution is 2.42. The van der Waals surface area contributed by atoms with Crippen molar-refractivity contribution in [2.24, 2.45) is 0 Å². The van der Waals surface area contributed by atoms with Gasteiger partial charge in [0.15, 0.2) is 0 Å². The van der Waals surface area contributed by atoms with Gasteiger partial charge in [0.25, 0.3) is 5.69 Å². The van der Waals surface area contributed by atoms with Crippen LogP contribution in [0.25, 0.3) is 0 Å². The number of aryl methyl sites for hydroxylation is 1. The number of benzene rings is 3. The van der Waals surface area contributed by atoms with Gasteiger partial charge in [-0.05, 0) is 76.7 Å². The Morgan fingerprint density at radius 1 is 1.13 bits per heavy atom. The van der Waals surface area contributed by atoms with Crippen LogP contribution < -0.4 is 9.47 Å². The van der Waals surface area contributed by atoms with Crippen molar-refractivity contribution in [1.82, 2.24) is 0 Å². The van der Waals surface area contributed by atoms with E-state index in [9.17, 15) is 10.1 Å². The highest BCUT2D eigenvalue weighted by atomic mass is 127. The molecule has 0 saturated carbocycles. The Balaban J connectivity index is 1.57. The van der Waals surface area contributed by atoms with E-state index in [1.165, 1.54) is 0 Å². The standard InChI is InChI=1S/C25H24INO4/c1-16(2)21-14-20(9-11-23(21)30-15-17-6-4-3-5-7-17)31-24-10-8-18-12-19(26)13-22(25(18)24)27(28)29/h3-7,9,11-14,16,24H,8,10,15H2,1-2H3. The molecule has 1 aliphatic rings. The van der Waals surface area contributed by atoms with Crippen LogP contribution in [0.2, 0.25) is 0 Å². The summed E-state index contributed by atoms with van der Waals surface area (Å²) in [6.45, 7) is 4.74. The summed E-state index contributed by atoms with van der Waals surface area (Å²) in [4.78, 5) is 11.3. The zero-order valence-corrected chi connectivity index (χ0v) is 19.7. The molecule has 0 aromatic heterocycles. The number of hydrogen-bond acceptors (Lipinski definition) is 4. The van der Waals surface area contributed by atoms with Crippen LogP contribution in [0.3, 0.4) is 0 Å². The van der Waals surface area contributed by atoms with E-state index in [2.05, 4.69) is 36.4 Å². The second-order valence-electron chi connectivity index (χ2n) is 8.03. The van der Waals surface area contributed by atoms with Crippen molar-refractivity contribution in [3.05, 3.63) is 96.6 Å². The van der Waals surface area contributed by atoms with Gasteiger partial charge < -0.3 is 9.47 Å². The molecule has 0 N–H and O–H groups in total. The van der Waals surface area contributed by atoms with E-state index in [0.717, 1.165) is 38.9 Å². The summed E-state index contributed by atoms with van der Waals surface area (Å²) in [6.07, 6.45) is 1.20. The molecule has 0 amide bonds. The van der Waals surface area contributed by atoms with E-state index < -0.39 is 0 Å². The fraction of sp³-hybridized carbons (Fsp3) is 0.280. The van der Waals surface area contributed by atoms with Gasteiger partial charge in [0.1, 0.15) is 24.2 Å². The molecule has 1 atom stereocenters. The molecule has 0 bridgehead atoms. The zero-order valence-electron chi connectivity index (χ0n) is 17.5. The van der Waals surface area contributed by atoms with Crippen LogP contribution in [0.1, 0.15) is 54.5 Å². The van der Waals surface area contributed by atoms with Gasteiger partial charge in [0.2, 0.25) is 0 Å². The minimum atomic E-state index is -0.316. The molecule has 3 aromatic rings. The summed E-state index contributed by atoms with van der Waals surface area (Å²) >= 11 is 2.13. The molecule has 0 fully saturated rings.